The number of rotatable bonds is 4. The van der Waals surface area contributed by atoms with E-state index in [9.17, 15) is 8.42 Å². The molecule has 1 aromatic carbocycles. The Labute approximate surface area is 103 Å². The number of benzene rings is 1. The Hall–Kier alpha value is -0.100. The molecule has 0 fully saturated rings. The van der Waals surface area contributed by atoms with Crippen molar-refractivity contribution in [2.24, 2.45) is 0 Å². The van der Waals surface area contributed by atoms with Crippen molar-refractivity contribution >= 4 is 37.6 Å². The molecular weight excluding hydrogens is 302 g/mol. The van der Waals surface area contributed by atoms with Crippen molar-refractivity contribution in [2.75, 3.05) is 18.9 Å². The van der Waals surface area contributed by atoms with E-state index in [1.165, 1.54) is 16.4 Å². The lowest BCUT2D eigenvalue weighted by atomic mass is 10.4. The summed E-state index contributed by atoms with van der Waals surface area (Å²) in [6.07, 6.45) is 0. The fourth-order valence-electron chi connectivity index (χ4n) is 1.03. The summed E-state index contributed by atoms with van der Waals surface area (Å²) in [6, 6.07) is 6.14. The SMILES string of the molecule is CN(CCBr)S(=O)(=O)c1ccc(Cl)cc1. The van der Waals surface area contributed by atoms with Crippen LogP contribution in [-0.2, 0) is 10.0 Å². The van der Waals surface area contributed by atoms with E-state index in [1.807, 2.05) is 0 Å². The summed E-state index contributed by atoms with van der Waals surface area (Å²) < 4.78 is 25.1. The maximum absolute atomic E-state index is 11.9. The highest BCUT2D eigenvalue weighted by molar-refractivity contribution is 9.09. The quantitative estimate of drug-likeness (QED) is 0.800. The molecule has 0 aliphatic heterocycles. The zero-order chi connectivity index (χ0) is 11.5. The van der Waals surface area contributed by atoms with Crippen LogP contribution < -0.4 is 0 Å². The third-order valence-electron chi connectivity index (χ3n) is 1.92. The fraction of sp³-hybridized carbons (Fsp3) is 0.333. The van der Waals surface area contributed by atoms with E-state index in [0.717, 1.165) is 0 Å². The van der Waals surface area contributed by atoms with Gasteiger partial charge in [0.1, 0.15) is 0 Å². The first-order chi connectivity index (χ1) is 6.98. The largest absolute Gasteiger partial charge is 0.242 e. The molecule has 0 aromatic heterocycles. The maximum Gasteiger partial charge on any atom is 0.242 e. The monoisotopic (exact) mass is 311 g/mol. The van der Waals surface area contributed by atoms with Crippen LogP contribution >= 0.6 is 27.5 Å². The summed E-state index contributed by atoms with van der Waals surface area (Å²) in [5.74, 6) is 0. The van der Waals surface area contributed by atoms with Gasteiger partial charge in [-0.15, -0.1) is 0 Å². The minimum atomic E-state index is -3.37. The summed E-state index contributed by atoms with van der Waals surface area (Å²) in [5.41, 5.74) is 0. The average Bonchev–Trinajstić information content (AvgIpc) is 2.18. The van der Waals surface area contributed by atoms with Crippen LogP contribution in [0.2, 0.25) is 5.02 Å². The molecule has 0 aliphatic rings. The number of halogens is 2. The smallest absolute Gasteiger partial charge is 0.207 e. The number of alkyl halides is 1. The number of hydrogen-bond donors (Lipinski definition) is 0. The van der Waals surface area contributed by atoms with Crippen LogP contribution in [-0.4, -0.2) is 31.6 Å². The first-order valence-electron chi connectivity index (χ1n) is 4.26. The van der Waals surface area contributed by atoms with E-state index in [4.69, 9.17) is 11.6 Å². The molecule has 0 saturated carbocycles. The molecule has 0 aliphatic carbocycles. The fourth-order valence-corrected chi connectivity index (χ4v) is 3.09. The molecule has 3 nitrogen and oxygen atoms in total. The van der Waals surface area contributed by atoms with E-state index >= 15 is 0 Å². The summed E-state index contributed by atoms with van der Waals surface area (Å²) in [5, 5.41) is 1.13. The van der Waals surface area contributed by atoms with Crippen LogP contribution in [0.25, 0.3) is 0 Å². The Morgan fingerprint density at radius 1 is 1.33 bits per heavy atom. The van der Waals surface area contributed by atoms with Gasteiger partial charge in [0, 0.05) is 23.9 Å². The second-order valence-corrected chi connectivity index (χ2v) is 6.24. The van der Waals surface area contributed by atoms with Crippen molar-refractivity contribution in [1.29, 1.82) is 0 Å². The highest BCUT2D eigenvalue weighted by Gasteiger charge is 2.19. The van der Waals surface area contributed by atoms with Crippen LogP contribution in [0.1, 0.15) is 0 Å². The van der Waals surface area contributed by atoms with Crippen LogP contribution in [0.15, 0.2) is 29.2 Å². The second-order valence-electron chi connectivity index (χ2n) is 2.97. The van der Waals surface area contributed by atoms with Gasteiger partial charge in [-0.3, -0.25) is 0 Å². The van der Waals surface area contributed by atoms with Gasteiger partial charge < -0.3 is 0 Å². The number of sulfonamides is 1. The molecule has 0 N–H and O–H groups in total. The van der Waals surface area contributed by atoms with Gasteiger partial charge in [-0.2, -0.15) is 0 Å². The van der Waals surface area contributed by atoms with Crippen LogP contribution in [0.5, 0.6) is 0 Å². The predicted octanol–water partition coefficient (Wildman–Crippen LogP) is 2.36. The molecule has 6 heteroatoms. The zero-order valence-corrected chi connectivity index (χ0v) is 11.3. The summed E-state index contributed by atoms with van der Waals surface area (Å²) in [4.78, 5) is 0.260. The van der Waals surface area contributed by atoms with Gasteiger partial charge in [0.2, 0.25) is 10.0 Å². The third kappa shape index (κ3) is 3.17. The zero-order valence-electron chi connectivity index (χ0n) is 8.15. The lowest BCUT2D eigenvalue weighted by molar-refractivity contribution is 0.489. The molecule has 1 aromatic rings. The Kier molecular flexibility index (Phi) is 4.58. The van der Waals surface area contributed by atoms with E-state index in [0.29, 0.717) is 16.9 Å². The van der Waals surface area contributed by atoms with Gasteiger partial charge in [0.15, 0.2) is 0 Å². The average molecular weight is 313 g/mol. The van der Waals surface area contributed by atoms with Gasteiger partial charge in [-0.1, -0.05) is 27.5 Å². The highest BCUT2D eigenvalue weighted by atomic mass is 79.9. The summed E-state index contributed by atoms with van der Waals surface area (Å²) >= 11 is 8.89. The number of hydrogen-bond acceptors (Lipinski definition) is 2. The van der Waals surface area contributed by atoms with Gasteiger partial charge in [-0.05, 0) is 24.3 Å². The van der Waals surface area contributed by atoms with Gasteiger partial charge >= 0.3 is 0 Å². The standard InChI is InChI=1S/C9H11BrClNO2S/c1-12(7-6-10)15(13,14)9-4-2-8(11)3-5-9/h2-5H,6-7H2,1H3. The molecule has 0 amide bonds. The molecule has 0 atom stereocenters. The van der Waals surface area contributed by atoms with E-state index < -0.39 is 10.0 Å². The first-order valence-corrected chi connectivity index (χ1v) is 7.20. The Bertz CT molecular complexity index is 418. The number of nitrogens with zero attached hydrogens (tertiary/aromatic N) is 1. The van der Waals surface area contributed by atoms with E-state index in [-0.39, 0.29) is 4.90 Å². The van der Waals surface area contributed by atoms with Crippen molar-refractivity contribution in [3.8, 4) is 0 Å². The Morgan fingerprint density at radius 3 is 2.33 bits per heavy atom. The lowest BCUT2D eigenvalue weighted by Crippen LogP contribution is -2.28. The van der Waals surface area contributed by atoms with Crippen LogP contribution in [0.3, 0.4) is 0 Å². The van der Waals surface area contributed by atoms with Crippen molar-refractivity contribution in [2.45, 2.75) is 4.90 Å². The molecule has 0 saturated heterocycles. The molecule has 0 spiro atoms. The van der Waals surface area contributed by atoms with Gasteiger partial charge in [0.25, 0.3) is 0 Å². The maximum atomic E-state index is 11.9. The predicted molar refractivity (Wildman–Crippen MR) is 65.1 cm³/mol. The second kappa shape index (κ2) is 5.30. The molecule has 0 heterocycles. The van der Waals surface area contributed by atoms with Gasteiger partial charge in [-0.25, -0.2) is 12.7 Å². The molecular formula is C9H11BrClNO2S. The molecule has 84 valence electrons. The van der Waals surface area contributed by atoms with Crippen molar-refractivity contribution in [3.63, 3.8) is 0 Å². The molecule has 1 rings (SSSR count). The summed E-state index contributed by atoms with van der Waals surface area (Å²) in [7, 11) is -1.83. The van der Waals surface area contributed by atoms with Crippen LogP contribution in [0, 0.1) is 0 Å². The van der Waals surface area contributed by atoms with Crippen molar-refractivity contribution < 1.29 is 8.42 Å². The van der Waals surface area contributed by atoms with Crippen molar-refractivity contribution in [1.82, 2.24) is 4.31 Å². The topological polar surface area (TPSA) is 37.4 Å². The Balaban J connectivity index is 3.01. The summed E-state index contributed by atoms with van der Waals surface area (Å²) in [6.45, 7) is 0.435. The third-order valence-corrected chi connectivity index (χ3v) is 4.40. The minimum Gasteiger partial charge on any atom is -0.207 e. The van der Waals surface area contributed by atoms with Crippen molar-refractivity contribution in [3.05, 3.63) is 29.3 Å². The molecule has 0 radical (unpaired) electrons. The van der Waals surface area contributed by atoms with Crippen LogP contribution in [0.4, 0.5) is 0 Å². The minimum absolute atomic E-state index is 0.260. The molecule has 0 bridgehead atoms. The molecule has 0 unspecified atom stereocenters. The normalized spacial score (nSPS) is 12.0. The highest BCUT2D eigenvalue weighted by Crippen LogP contribution is 2.17. The first kappa shape index (κ1) is 13.0. The Morgan fingerprint density at radius 2 is 1.87 bits per heavy atom. The van der Waals surface area contributed by atoms with Gasteiger partial charge in [0.05, 0.1) is 4.90 Å². The lowest BCUT2D eigenvalue weighted by Gasteiger charge is -2.15. The molecule has 15 heavy (non-hydrogen) atoms. The van der Waals surface area contributed by atoms with E-state index in [1.54, 1.807) is 19.2 Å². The van der Waals surface area contributed by atoms with E-state index in [2.05, 4.69) is 15.9 Å².